The summed E-state index contributed by atoms with van der Waals surface area (Å²) < 4.78 is 8.55. The van der Waals surface area contributed by atoms with Gasteiger partial charge in [0.1, 0.15) is 0 Å². The molecule has 0 rings (SSSR count). The molecule has 0 unspecified atom stereocenters. The Hall–Kier alpha value is 10.1. The van der Waals surface area contributed by atoms with Gasteiger partial charge in [0, 0.05) is 0 Å². The standard InChI is InChI=1S/8Ca.H3O4P.H2O/c;;;;;;;;1-5(2,3)4;/h;;;;;;;;(H3,1,2,3,4);1H2/q8*+2;;/p-3. The molecule has 0 aromatic rings. The van der Waals surface area contributed by atoms with Gasteiger partial charge in [-0.05, 0) is 0 Å². The van der Waals surface area contributed by atoms with Crippen molar-refractivity contribution >= 4 is 310 Å². The predicted octanol–water partition coefficient (Wildman–Crippen LogP) is -6.70. The van der Waals surface area contributed by atoms with E-state index in [0.29, 0.717) is 0 Å². The largest absolute Gasteiger partial charge is 2.00 e. The smallest absolute Gasteiger partial charge is 0.822 e. The minimum atomic E-state index is -5.39. The molecular weight excluding hydrogens is 432 g/mol. The maximum Gasteiger partial charge on any atom is 2.00 e. The van der Waals surface area contributed by atoms with Crippen LogP contribution in [0, 0.1) is 0 Å². The first-order chi connectivity index (χ1) is 2.00. The Balaban J connectivity index is -0.00000000222. The molecule has 0 heterocycles. The van der Waals surface area contributed by atoms with E-state index in [1.54, 1.807) is 0 Å². The van der Waals surface area contributed by atoms with Gasteiger partial charge in [-0.3, -0.25) is 0 Å². The molecule has 0 spiro atoms. The van der Waals surface area contributed by atoms with E-state index in [1.165, 1.54) is 0 Å². The van der Waals surface area contributed by atoms with Crippen molar-refractivity contribution in [1.29, 1.82) is 0 Å². The fourth-order valence-electron chi connectivity index (χ4n) is 0. The molecule has 0 amide bonds. The first-order valence-electron chi connectivity index (χ1n) is 0.730. The topological polar surface area (TPSA) is 118 Å². The van der Waals surface area contributed by atoms with Crippen LogP contribution in [0.25, 0.3) is 0 Å². The Bertz CT molecular complexity index is 63.9. The third-order valence-electron chi connectivity index (χ3n) is 0. The van der Waals surface area contributed by atoms with E-state index in [9.17, 15) is 0 Å². The second-order valence-corrected chi connectivity index (χ2v) is 1.34. The molecule has 0 bridgehead atoms. The van der Waals surface area contributed by atoms with Gasteiger partial charge in [-0.25, -0.2) is 0 Å². The van der Waals surface area contributed by atoms with Crippen molar-refractivity contribution in [3.05, 3.63) is 0 Å². The third kappa shape index (κ3) is 96.2. The maximum atomic E-state index is 8.55. The molecule has 0 fully saturated rings. The van der Waals surface area contributed by atoms with Crippen molar-refractivity contribution in [1.82, 2.24) is 0 Å². The second kappa shape index (κ2) is 43.5. The summed E-state index contributed by atoms with van der Waals surface area (Å²) in [6, 6.07) is 0. The van der Waals surface area contributed by atoms with Gasteiger partial charge in [-0.15, -0.1) is 0 Å². The molecule has 14 heteroatoms. The molecule has 0 atom stereocenters. The van der Waals surface area contributed by atoms with E-state index in [2.05, 4.69) is 0 Å². The summed E-state index contributed by atoms with van der Waals surface area (Å²) in [5.41, 5.74) is 0. The Morgan fingerprint density at radius 1 is 0.571 bits per heavy atom. The zero-order chi connectivity index (χ0) is 4.50. The van der Waals surface area contributed by atoms with E-state index in [-0.39, 0.29) is 307 Å². The van der Waals surface area contributed by atoms with Crippen LogP contribution in [0.15, 0.2) is 0 Å². The molecule has 40 valence electrons. The molecular formula is H2Ca8O5P+13. The summed E-state index contributed by atoms with van der Waals surface area (Å²) >= 11 is 0. The molecule has 0 aromatic carbocycles. The van der Waals surface area contributed by atoms with E-state index in [1.807, 2.05) is 0 Å². The van der Waals surface area contributed by atoms with Gasteiger partial charge in [0.15, 0.2) is 0 Å². The van der Waals surface area contributed by atoms with Crippen LogP contribution >= 0.6 is 7.82 Å². The van der Waals surface area contributed by atoms with Crippen LogP contribution in [0.2, 0.25) is 0 Å². The molecule has 0 saturated carbocycles. The first kappa shape index (κ1) is 64.6. The molecule has 0 aliphatic heterocycles. The SMILES string of the molecule is O.O=P([O-])([O-])[O-].[Ca+2].[Ca+2].[Ca+2].[Ca+2].[Ca+2].[Ca+2].[Ca+2].[Ca+2]. The molecule has 5 nitrogen and oxygen atoms in total. The van der Waals surface area contributed by atoms with Crippen molar-refractivity contribution < 1.29 is 24.7 Å². The van der Waals surface area contributed by atoms with E-state index < -0.39 is 7.82 Å². The maximum absolute atomic E-state index is 8.55. The zero-order valence-electron chi connectivity index (χ0n) is 8.24. The van der Waals surface area contributed by atoms with Gasteiger partial charge < -0.3 is 24.7 Å². The van der Waals surface area contributed by atoms with Crippen molar-refractivity contribution in [2.75, 3.05) is 0 Å². The monoisotopic (exact) mass is 433 g/mol. The molecule has 0 saturated heterocycles. The van der Waals surface area contributed by atoms with Crippen molar-refractivity contribution in [2.45, 2.75) is 0 Å². The molecule has 2 N–H and O–H groups in total. The Morgan fingerprint density at radius 3 is 0.571 bits per heavy atom. The van der Waals surface area contributed by atoms with Gasteiger partial charge >= 0.3 is 302 Å². The molecule has 0 aliphatic carbocycles. The van der Waals surface area contributed by atoms with Gasteiger partial charge in [-0.2, -0.15) is 7.82 Å². The fraction of sp³-hybridized carbons (Fsp3) is 0. The molecule has 0 aromatic heterocycles. The van der Waals surface area contributed by atoms with Crippen LogP contribution < -0.4 is 14.7 Å². The summed E-state index contributed by atoms with van der Waals surface area (Å²) in [5.74, 6) is 0. The van der Waals surface area contributed by atoms with Crippen LogP contribution in [0.4, 0.5) is 0 Å². The van der Waals surface area contributed by atoms with Crippen LogP contribution in [0.1, 0.15) is 0 Å². The number of rotatable bonds is 0. The third-order valence-corrected chi connectivity index (χ3v) is 0. The predicted molar refractivity (Wildman–Crippen MR) is 57.3 cm³/mol. The Morgan fingerprint density at radius 2 is 0.571 bits per heavy atom. The van der Waals surface area contributed by atoms with Crippen LogP contribution in [-0.4, -0.2) is 307 Å². The zero-order valence-corrected chi connectivity index (χ0v) is 26.8. The first-order valence-corrected chi connectivity index (χ1v) is 2.19. The number of hydrogen-bond acceptors (Lipinski definition) is 4. The number of hydrogen-bond donors (Lipinski definition) is 0. The van der Waals surface area contributed by atoms with E-state index >= 15 is 0 Å². The summed E-state index contributed by atoms with van der Waals surface area (Å²) in [5, 5.41) is 0. The van der Waals surface area contributed by atoms with Crippen molar-refractivity contribution in [3.8, 4) is 0 Å². The average Bonchev–Trinajstić information content (AvgIpc) is 0.722. The van der Waals surface area contributed by atoms with Gasteiger partial charge in [0.25, 0.3) is 0 Å². The van der Waals surface area contributed by atoms with Gasteiger partial charge in [0.2, 0.25) is 0 Å². The van der Waals surface area contributed by atoms with Crippen molar-refractivity contribution in [3.63, 3.8) is 0 Å². The summed E-state index contributed by atoms with van der Waals surface area (Å²) in [7, 11) is -5.39. The number of phosphoric acid groups is 1. The summed E-state index contributed by atoms with van der Waals surface area (Å²) in [6.45, 7) is 0. The Labute approximate surface area is 323 Å². The average molecular weight is 434 g/mol. The molecule has 14 heavy (non-hydrogen) atoms. The van der Waals surface area contributed by atoms with Crippen molar-refractivity contribution in [2.24, 2.45) is 0 Å². The van der Waals surface area contributed by atoms with E-state index in [0.717, 1.165) is 0 Å². The molecule has 0 aliphatic rings. The summed E-state index contributed by atoms with van der Waals surface area (Å²) in [6.07, 6.45) is 0. The minimum absolute atomic E-state index is 0. The Kier molecular flexibility index (Phi) is 201. The quantitative estimate of drug-likeness (QED) is 0.279. The molecule has 0 radical (unpaired) electrons. The summed E-state index contributed by atoms with van der Waals surface area (Å²) in [4.78, 5) is 25.6. The van der Waals surface area contributed by atoms with Gasteiger partial charge in [0.05, 0.1) is 0 Å². The van der Waals surface area contributed by atoms with Gasteiger partial charge in [-0.1, -0.05) is 0 Å². The minimum Gasteiger partial charge on any atom is -0.822 e. The second-order valence-electron chi connectivity index (χ2n) is 0.447. The van der Waals surface area contributed by atoms with E-state index in [4.69, 9.17) is 19.2 Å². The van der Waals surface area contributed by atoms with Crippen LogP contribution in [-0.2, 0) is 4.57 Å². The van der Waals surface area contributed by atoms with Crippen LogP contribution in [0.5, 0.6) is 0 Å². The normalized spacial score (nSPS) is 4.21. The fourth-order valence-corrected chi connectivity index (χ4v) is 0. The van der Waals surface area contributed by atoms with Crippen LogP contribution in [0.3, 0.4) is 0 Å².